The van der Waals surface area contributed by atoms with Gasteiger partial charge in [-0.25, -0.2) is 4.79 Å². The van der Waals surface area contributed by atoms with Gasteiger partial charge in [0.05, 0.1) is 18.4 Å². The van der Waals surface area contributed by atoms with Crippen molar-refractivity contribution in [2.75, 3.05) is 38.2 Å². The number of aliphatic hydroxyl groups is 2. The van der Waals surface area contributed by atoms with Crippen LogP contribution in [0.2, 0.25) is 0 Å². The molecule has 0 radical (unpaired) electrons. The van der Waals surface area contributed by atoms with E-state index in [2.05, 4.69) is 36.1 Å². The number of carbonyl (C=O) groups is 2. The van der Waals surface area contributed by atoms with Crippen LogP contribution in [0.5, 0.6) is 5.75 Å². The first-order valence-corrected chi connectivity index (χ1v) is 14.8. The highest BCUT2D eigenvalue weighted by atomic mass is 16.5. The van der Waals surface area contributed by atoms with Gasteiger partial charge in [0.15, 0.2) is 6.10 Å². The van der Waals surface area contributed by atoms with Crippen LogP contribution < -0.4 is 9.64 Å². The third-order valence-electron chi connectivity index (χ3n) is 8.64. The molecule has 5 atom stereocenters. The summed E-state index contributed by atoms with van der Waals surface area (Å²) in [6.45, 7) is 6.21. The zero-order chi connectivity index (χ0) is 29.5. The van der Waals surface area contributed by atoms with E-state index in [-0.39, 0.29) is 23.7 Å². The second-order valence-corrected chi connectivity index (χ2v) is 11.5. The summed E-state index contributed by atoms with van der Waals surface area (Å²) in [5, 5.41) is 30.7. The summed E-state index contributed by atoms with van der Waals surface area (Å²) >= 11 is 0. The first-order chi connectivity index (χ1) is 19.7. The Bertz CT molecular complexity index is 1230. The van der Waals surface area contributed by atoms with E-state index >= 15 is 0 Å². The quantitative estimate of drug-likeness (QED) is 0.325. The fraction of sp³-hybridized carbons (Fsp3) is 0.515. The maximum Gasteiger partial charge on any atom is 0.337 e. The molecule has 1 aliphatic heterocycles. The number of carbonyl (C=O) groups excluding carboxylic acids is 1. The molecule has 3 N–H and O–H groups in total. The number of amides is 1. The summed E-state index contributed by atoms with van der Waals surface area (Å²) in [5.41, 5.74) is 3.68. The van der Waals surface area contributed by atoms with Gasteiger partial charge in [0.25, 0.3) is 0 Å². The molecule has 2 aliphatic rings. The Morgan fingerprint density at radius 1 is 1.17 bits per heavy atom. The second kappa shape index (κ2) is 14.0. The summed E-state index contributed by atoms with van der Waals surface area (Å²) in [6.07, 6.45) is 6.27. The molecular weight excluding hydrogens is 520 g/mol. The van der Waals surface area contributed by atoms with E-state index < -0.39 is 18.2 Å². The molecule has 0 spiro atoms. The number of benzene rings is 2. The fourth-order valence-corrected chi connectivity index (χ4v) is 5.97. The predicted octanol–water partition coefficient (Wildman–Crippen LogP) is 4.55. The number of aliphatic carboxylic acids is 1. The molecule has 1 aliphatic carbocycles. The van der Waals surface area contributed by atoms with Gasteiger partial charge < -0.3 is 29.9 Å². The maximum atomic E-state index is 11.5. The molecule has 0 saturated heterocycles. The minimum absolute atomic E-state index is 0.0226. The van der Waals surface area contributed by atoms with E-state index in [0.29, 0.717) is 44.0 Å². The number of hydrogen-bond acceptors (Lipinski definition) is 6. The lowest BCUT2D eigenvalue weighted by Gasteiger charge is -2.42. The number of carboxylic acid groups (broad SMARTS) is 1. The number of nitrogens with zero attached hydrogens (tertiary/aromatic N) is 2. The van der Waals surface area contributed by atoms with Crippen LogP contribution in [0.25, 0.3) is 0 Å². The first-order valence-electron chi connectivity index (χ1n) is 14.8. The zero-order valence-electron chi connectivity index (χ0n) is 24.4. The van der Waals surface area contributed by atoms with Crippen molar-refractivity contribution in [2.45, 2.75) is 64.1 Å². The Hall–Kier alpha value is -3.36. The minimum Gasteiger partial charge on any atom is -0.491 e. The van der Waals surface area contributed by atoms with Crippen molar-refractivity contribution >= 4 is 17.6 Å². The lowest BCUT2D eigenvalue weighted by atomic mass is 9.70. The summed E-state index contributed by atoms with van der Waals surface area (Å²) in [4.78, 5) is 26.9. The van der Waals surface area contributed by atoms with Gasteiger partial charge in [-0.2, -0.15) is 0 Å². The van der Waals surface area contributed by atoms with Crippen molar-refractivity contribution in [2.24, 2.45) is 11.8 Å². The Morgan fingerprint density at radius 3 is 2.63 bits per heavy atom. The number of aliphatic hydroxyl groups excluding tert-OH is 2. The number of fused-ring (bicyclic) bond motifs is 1. The number of rotatable bonds is 12. The monoisotopic (exact) mass is 564 g/mol. The average molecular weight is 565 g/mol. The summed E-state index contributed by atoms with van der Waals surface area (Å²) in [7, 11) is 1.77. The average Bonchev–Trinajstić information content (AvgIpc) is 3.12. The zero-order valence-corrected chi connectivity index (χ0v) is 24.4. The Balaban J connectivity index is 1.56. The lowest BCUT2D eigenvalue weighted by Crippen LogP contribution is -2.44. The standard InChI is InChI=1S/C33H44N2O6/c1-4-9-23-10-5-6-11-27(23)26-20-35(29-18-24(32(38)33(39)40)14-16-31(29)41-21-26)19-25-13-15-28(25)30(37)12-7-8-17-34(3)22(2)36/h5-7,10-12,14,16,18,25-26,28,30,32,37-38H,4,8-9,13,15,17,19-21H2,1-3H3,(H,39,40)/b12-7+/t25?,26-,28?,30?,32?/m1/s1. The molecule has 41 heavy (non-hydrogen) atoms. The third-order valence-corrected chi connectivity index (χ3v) is 8.64. The summed E-state index contributed by atoms with van der Waals surface area (Å²) < 4.78 is 6.32. The molecule has 222 valence electrons. The van der Waals surface area contributed by atoms with Crippen molar-refractivity contribution in [1.29, 1.82) is 0 Å². The first kappa shape index (κ1) is 30.6. The van der Waals surface area contributed by atoms with E-state index in [1.165, 1.54) is 11.1 Å². The van der Waals surface area contributed by atoms with Crippen LogP contribution in [0.3, 0.4) is 0 Å². The number of ether oxygens (including phenoxy) is 1. The second-order valence-electron chi connectivity index (χ2n) is 11.5. The maximum absolute atomic E-state index is 11.5. The van der Waals surface area contributed by atoms with Gasteiger partial charge >= 0.3 is 5.97 Å². The largest absolute Gasteiger partial charge is 0.491 e. The smallest absolute Gasteiger partial charge is 0.337 e. The topological polar surface area (TPSA) is 111 Å². The SMILES string of the molecule is CCCc1ccccc1[C@H]1COc2ccc(C(O)C(=O)O)cc2N(CC2CCC2C(O)/C=C/CCN(C)C(C)=O)C1. The summed E-state index contributed by atoms with van der Waals surface area (Å²) in [5.74, 6) is -0.120. The molecule has 8 heteroatoms. The van der Waals surface area contributed by atoms with Gasteiger partial charge in [0.1, 0.15) is 5.75 Å². The third kappa shape index (κ3) is 7.49. The molecule has 2 aromatic rings. The van der Waals surface area contributed by atoms with Gasteiger partial charge in [-0.3, -0.25) is 4.79 Å². The number of anilines is 1. The van der Waals surface area contributed by atoms with Crippen LogP contribution >= 0.6 is 0 Å². The van der Waals surface area contributed by atoms with Crippen LogP contribution in [0.1, 0.15) is 68.2 Å². The summed E-state index contributed by atoms with van der Waals surface area (Å²) in [6, 6.07) is 13.6. The van der Waals surface area contributed by atoms with Gasteiger partial charge in [0, 0.05) is 39.5 Å². The lowest BCUT2D eigenvalue weighted by molar-refractivity contribution is -0.147. The molecule has 0 aromatic heterocycles. The molecule has 1 heterocycles. The van der Waals surface area contributed by atoms with E-state index in [1.807, 2.05) is 12.2 Å². The van der Waals surface area contributed by atoms with Gasteiger partial charge in [-0.05, 0) is 66.3 Å². The number of aryl methyl sites for hydroxylation is 1. The van der Waals surface area contributed by atoms with Crippen molar-refractivity contribution in [3.05, 3.63) is 71.3 Å². The van der Waals surface area contributed by atoms with Gasteiger partial charge in [-0.1, -0.05) is 55.8 Å². The molecule has 2 aromatic carbocycles. The molecule has 1 fully saturated rings. The van der Waals surface area contributed by atoms with E-state index in [4.69, 9.17) is 4.74 Å². The van der Waals surface area contributed by atoms with E-state index in [1.54, 1.807) is 37.1 Å². The normalized spacial score (nSPS) is 21.8. The Kier molecular flexibility index (Phi) is 10.5. The predicted molar refractivity (Wildman–Crippen MR) is 159 cm³/mol. The van der Waals surface area contributed by atoms with Crippen molar-refractivity contribution in [3.8, 4) is 5.75 Å². The molecule has 4 rings (SSSR count). The highest BCUT2D eigenvalue weighted by Gasteiger charge is 2.38. The van der Waals surface area contributed by atoms with Crippen molar-refractivity contribution in [1.82, 2.24) is 4.90 Å². The van der Waals surface area contributed by atoms with E-state index in [0.717, 1.165) is 31.4 Å². The minimum atomic E-state index is -1.61. The molecule has 0 bridgehead atoms. The van der Waals surface area contributed by atoms with Crippen LogP contribution in [0, 0.1) is 11.8 Å². The molecule has 1 amide bonds. The highest BCUT2D eigenvalue weighted by Crippen LogP contribution is 2.42. The Labute approximate surface area is 243 Å². The van der Waals surface area contributed by atoms with Gasteiger partial charge in [0.2, 0.25) is 5.91 Å². The number of hydrogen-bond donors (Lipinski definition) is 3. The molecule has 1 saturated carbocycles. The van der Waals surface area contributed by atoms with Crippen LogP contribution in [0.15, 0.2) is 54.6 Å². The van der Waals surface area contributed by atoms with Crippen molar-refractivity contribution < 1.29 is 29.6 Å². The van der Waals surface area contributed by atoms with Crippen LogP contribution in [0.4, 0.5) is 5.69 Å². The van der Waals surface area contributed by atoms with Crippen LogP contribution in [-0.2, 0) is 16.0 Å². The highest BCUT2D eigenvalue weighted by molar-refractivity contribution is 5.75. The van der Waals surface area contributed by atoms with Gasteiger partial charge in [-0.15, -0.1) is 0 Å². The van der Waals surface area contributed by atoms with E-state index in [9.17, 15) is 24.9 Å². The number of carboxylic acids is 1. The Morgan fingerprint density at radius 2 is 1.95 bits per heavy atom. The van der Waals surface area contributed by atoms with Crippen molar-refractivity contribution in [3.63, 3.8) is 0 Å². The van der Waals surface area contributed by atoms with Crippen LogP contribution in [-0.4, -0.2) is 71.5 Å². The molecular formula is C33H44N2O6. The molecule has 8 nitrogen and oxygen atoms in total. The molecule has 4 unspecified atom stereocenters. The fourth-order valence-electron chi connectivity index (χ4n) is 5.97.